The van der Waals surface area contributed by atoms with Crippen LogP contribution in [-0.2, 0) is 0 Å². The number of nitrogens with zero attached hydrogens (tertiary/aromatic N) is 2. The van der Waals surface area contributed by atoms with Gasteiger partial charge < -0.3 is 5.73 Å². The average Bonchev–Trinajstić information content (AvgIpc) is 2.10. The van der Waals surface area contributed by atoms with Crippen molar-refractivity contribution in [2.45, 2.75) is 0 Å². The van der Waals surface area contributed by atoms with Crippen LogP contribution in [0.4, 0.5) is 4.79 Å². The van der Waals surface area contributed by atoms with E-state index in [-0.39, 0.29) is 6.03 Å². The minimum absolute atomic E-state index is 0.389. The van der Waals surface area contributed by atoms with E-state index in [9.17, 15) is 4.79 Å². The summed E-state index contributed by atoms with van der Waals surface area (Å²) in [5, 5.41) is 0. The molecule has 1 rings (SSSR count). The normalized spacial score (nSPS) is 21.6. The molecule has 1 aliphatic rings. The summed E-state index contributed by atoms with van der Waals surface area (Å²) < 4.78 is 0.683. The Morgan fingerprint density at radius 3 is 2.50 bits per heavy atom. The summed E-state index contributed by atoms with van der Waals surface area (Å²) in [6.07, 6.45) is 3.63. The molecule has 10 heavy (non-hydrogen) atoms. The minimum atomic E-state index is -0.389. The van der Waals surface area contributed by atoms with Crippen LogP contribution in [0.25, 0.3) is 0 Å². The van der Waals surface area contributed by atoms with Gasteiger partial charge in [-0.2, -0.15) is 0 Å². The summed E-state index contributed by atoms with van der Waals surface area (Å²) in [6, 6.07) is -0.389. The molecule has 0 fully saturated rings. The van der Waals surface area contributed by atoms with Gasteiger partial charge in [-0.25, -0.2) is 9.69 Å². The zero-order chi connectivity index (χ0) is 7.78. The number of quaternary nitrogens is 1. The van der Waals surface area contributed by atoms with Crippen LogP contribution in [-0.4, -0.2) is 36.2 Å². The summed E-state index contributed by atoms with van der Waals surface area (Å²) >= 11 is 0. The van der Waals surface area contributed by atoms with Crippen LogP contribution < -0.4 is 5.73 Å². The van der Waals surface area contributed by atoms with Gasteiger partial charge in [0, 0.05) is 0 Å². The molecule has 0 radical (unpaired) electrons. The van der Waals surface area contributed by atoms with E-state index in [4.69, 9.17) is 5.73 Å². The Hall–Kier alpha value is -1.03. The maximum absolute atomic E-state index is 10.6. The fourth-order valence-corrected chi connectivity index (χ4v) is 0.891. The van der Waals surface area contributed by atoms with Gasteiger partial charge in [0.2, 0.25) is 0 Å². The number of carbonyl (C=O) groups excluding carboxylic acids is 1. The molecule has 0 saturated carbocycles. The summed E-state index contributed by atoms with van der Waals surface area (Å²) in [4.78, 5) is 12.1. The lowest BCUT2D eigenvalue weighted by molar-refractivity contribution is -0.839. The number of rotatable bonds is 0. The number of urea groups is 1. The number of nitrogens with two attached hydrogens (primary N) is 1. The topological polar surface area (TPSA) is 46.3 Å². The average molecular weight is 142 g/mol. The first-order valence-electron chi connectivity index (χ1n) is 3.09. The molecule has 4 nitrogen and oxygen atoms in total. The first-order chi connectivity index (χ1) is 4.51. The molecule has 56 valence electrons. The monoisotopic (exact) mass is 142 g/mol. The molecular formula is C6H12N3O+. The van der Waals surface area contributed by atoms with Crippen molar-refractivity contribution in [3.8, 4) is 0 Å². The zero-order valence-corrected chi connectivity index (χ0v) is 6.24. The SMILES string of the molecule is C[N+]1(C)C=CN(C(N)=O)C1. The van der Waals surface area contributed by atoms with Crippen LogP contribution in [0.5, 0.6) is 0 Å². The molecule has 0 spiro atoms. The summed E-state index contributed by atoms with van der Waals surface area (Å²) in [7, 11) is 4.00. The second-order valence-electron chi connectivity index (χ2n) is 3.03. The third-order valence-corrected chi connectivity index (χ3v) is 1.45. The summed E-state index contributed by atoms with van der Waals surface area (Å²) in [6.45, 7) is 0.634. The predicted octanol–water partition coefficient (Wildman–Crippen LogP) is -0.114. The molecule has 0 aromatic heterocycles. The van der Waals surface area contributed by atoms with Crippen molar-refractivity contribution >= 4 is 6.03 Å². The molecule has 2 amide bonds. The standard InChI is InChI=1S/C6H11N3O/c1-9(2)4-3-8(5-9)6(7)10/h3-4H,5H2,1-2H3,(H-,7,10)/p+1. The molecule has 2 N–H and O–H groups in total. The molecule has 0 aromatic carbocycles. The van der Waals surface area contributed by atoms with Gasteiger partial charge in [-0.15, -0.1) is 0 Å². The second kappa shape index (κ2) is 1.98. The Morgan fingerprint density at radius 2 is 2.30 bits per heavy atom. The lowest BCUT2D eigenvalue weighted by atomic mass is 10.7. The number of amides is 2. The number of hydrogen-bond acceptors (Lipinski definition) is 1. The fraction of sp³-hybridized carbons (Fsp3) is 0.500. The molecule has 0 aliphatic carbocycles. The smallest absolute Gasteiger partial charge is 0.323 e. The van der Waals surface area contributed by atoms with Crippen LogP contribution in [0, 0.1) is 0 Å². The van der Waals surface area contributed by atoms with E-state index in [0.717, 1.165) is 0 Å². The second-order valence-corrected chi connectivity index (χ2v) is 3.03. The van der Waals surface area contributed by atoms with E-state index in [2.05, 4.69) is 0 Å². The van der Waals surface area contributed by atoms with Crippen molar-refractivity contribution in [2.24, 2.45) is 5.73 Å². The van der Waals surface area contributed by atoms with Crippen molar-refractivity contribution < 1.29 is 9.28 Å². The third kappa shape index (κ3) is 1.27. The van der Waals surface area contributed by atoms with Gasteiger partial charge in [0.15, 0.2) is 6.67 Å². The first kappa shape index (κ1) is 7.08. The van der Waals surface area contributed by atoms with Gasteiger partial charge in [0.05, 0.1) is 20.3 Å². The van der Waals surface area contributed by atoms with Crippen LogP contribution in [0.3, 0.4) is 0 Å². The van der Waals surface area contributed by atoms with Crippen molar-refractivity contribution in [3.05, 3.63) is 12.4 Å². The van der Waals surface area contributed by atoms with Crippen LogP contribution in [0.2, 0.25) is 0 Å². The van der Waals surface area contributed by atoms with Gasteiger partial charge in [0.1, 0.15) is 6.20 Å². The zero-order valence-electron chi connectivity index (χ0n) is 6.24. The van der Waals surface area contributed by atoms with Crippen molar-refractivity contribution in [1.29, 1.82) is 0 Å². The molecule has 0 atom stereocenters. The van der Waals surface area contributed by atoms with E-state index < -0.39 is 0 Å². The number of carbonyl (C=O) groups is 1. The first-order valence-corrected chi connectivity index (χ1v) is 3.09. The highest BCUT2D eigenvalue weighted by molar-refractivity contribution is 5.73. The Labute approximate surface area is 60.1 Å². The lowest BCUT2D eigenvalue weighted by Gasteiger charge is -2.21. The van der Waals surface area contributed by atoms with Crippen LogP contribution in [0.1, 0.15) is 0 Å². The van der Waals surface area contributed by atoms with Crippen molar-refractivity contribution in [2.75, 3.05) is 20.8 Å². The molecule has 0 saturated heterocycles. The van der Waals surface area contributed by atoms with Crippen LogP contribution in [0.15, 0.2) is 12.4 Å². The van der Waals surface area contributed by atoms with E-state index in [1.54, 1.807) is 6.20 Å². The highest BCUT2D eigenvalue weighted by Crippen LogP contribution is 2.10. The number of hydrogen-bond donors (Lipinski definition) is 1. The van der Waals surface area contributed by atoms with E-state index >= 15 is 0 Å². The van der Waals surface area contributed by atoms with Crippen molar-refractivity contribution in [3.63, 3.8) is 0 Å². The van der Waals surface area contributed by atoms with Gasteiger partial charge in [-0.05, 0) is 0 Å². The molecule has 1 heterocycles. The van der Waals surface area contributed by atoms with Crippen LogP contribution >= 0.6 is 0 Å². The molecular weight excluding hydrogens is 130 g/mol. The summed E-state index contributed by atoms with van der Waals surface area (Å²) in [5.41, 5.74) is 5.04. The highest BCUT2D eigenvalue weighted by atomic mass is 16.2. The van der Waals surface area contributed by atoms with Gasteiger partial charge in [-0.3, -0.25) is 4.48 Å². The third-order valence-electron chi connectivity index (χ3n) is 1.45. The minimum Gasteiger partial charge on any atom is -0.351 e. The predicted molar refractivity (Wildman–Crippen MR) is 37.5 cm³/mol. The molecule has 0 bridgehead atoms. The lowest BCUT2D eigenvalue weighted by Crippen LogP contribution is -2.41. The van der Waals surface area contributed by atoms with E-state index in [1.165, 1.54) is 4.90 Å². The Balaban J connectivity index is 2.62. The quantitative estimate of drug-likeness (QED) is 0.471. The fourth-order valence-electron chi connectivity index (χ4n) is 0.891. The van der Waals surface area contributed by atoms with E-state index in [1.807, 2.05) is 20.3 Å². The molecule has 0 unspecified atom stereocenters. The van der Waals surface area contributed by atoms with E-state index in [0.29, 0.717) is 11.2 Å². The number of primary amides is 1. The maximum atomic E-state index is 10.6. The van der Waals surface area contributed by atoms with Gasteiger partial charge in [0.25, 0.3) is 0 Å². The Morgan fingerprint density at radius 1 is 1.70 bits per heavy atom. The Kier molecular flexibility index (Phi) is 1.40. The molecule has 1 aliphatic heterocycles. The summed E-state index contributed by atoms with van der Waals surface area (Å²) in [5.74, 6) is 0. The highest BCUT2D eigenvalue weighted by Gasteiger charge is 2.24. The molecule has 0 aromatic rings. The van der Waals surface area contributed by atoms with Gasteiger partial charge in [-0.1, -0.05) is 0 Å². The van der Waals surface area contributed by atoms with Crippen molar-refractivity contribution in [1.82, 2.24) is 4.90 Å². The largest absolute Gasteiger partial charge is 0.351 e. The Bertz CT molecular complexity index is 185. The van der Waals surface area contributed by atoms with Gasteiger partial charge >= 0.3 is 6.03 Å². The molecule has 4 heteroatoms. The maximum Gasteiger partial charge on any atom is 0.323 e.